The van der Waals surface area contributed by atoms with Crippen molar-refractivity contribution in [3.63, 3.8) is 0 Å². The Balaban J connectivity index is 1.94. The molecule has 0 aromatic heterocycles. The third-order valence-electron chi connectivity index (χ3n) is 3.26. The van der Waals surface area contributed by atoms with Gasteiger partial charge < -0.3 is 10.4 Å². The number of aliphatic imine (C=N–C) groups is 1. The monoisotopic (exact) mass is 287 g/mol. The molecule has 0 aromatic rings. The summed E-state index contributed by atoms with van der Waals surface area (Å²) in [6.07, 6.45) is 3.93. The van der Waals surface area contributed by atoms with Crippen molar-refractivity contribution in [3.05, 3.63) is 11.9 Å². The van der Waals surface area contributed by atoms with E-state index >= 15 is 0 Å². The minimum atomic E-state index is -2.68. The number of carbonyl (C=O) groups excluding carboxylic acids is 1. The van der Waals surface area contributed by atoms with Gasteiger partial charge in [-0.2, -0.15) is 0 Å². The summed E-state index contributed by atoms with van der Waals surface area (Å²) in [5.74, 6) is 0.292. The Labute approximate surface area is 111 Å². The Bertz CT molecular complexity index is 437. The SMILES string of the molecule is O=C1C=C(N[C@@H]2C[C@H](CO)[C@@H](O[P+](=O)O)C2)N=CC1. The summed E-state index contributed by atoms with van der Waals surface area (Å²) < 4.78 is 15.6. The molecule has 2 aliphatic rings. The molecule has 0 radical (unpaired) electrons. The van der Waals surface area contributed by atoms with Crippen LogP contribution >= 0.6 is 8.25 Å². The smallest absolute Gasteiger partial charge is 0.396 e. The van der Waals surface area contributed by atoms with Gasteiger partial charge in [0.25, 0.3) is 0 Å². The molecule has 1 unspecified atom stereocenters. The second-order valence-corrected chi connectivity index (χ2v) is 5.34. The van der Waals surface area contributed by atoms with E-state index in [1.165, 1.54) is 6.08 Å². The minimum Gasteiger partial charge on any atom is -0.396 e. The van der Waals surface area contributed by atoms with E-state index in [4.69, 9.17) is 9.42 Å². The zero-order valence-corrected chi connectivity index (χ0v) is 11.1. The van der Waals surface area contributed by atoms with Crippen LogP contribution in [0.3, 0.4) is 0 Å². The number of allylic oxidation sites excluding steroid dienone is 1. The number of rotatable bonds is 5. The lowest BCUT2D eigenvalue weighted by atomic mass is 10.1. The van der Waals surface area contributed by atoms with Gasteiger partial charge in [0.2, 0.25) is 0 Å². The molecule has 8 heteroatoms. The molecule has 1 fully saturated rings. The Kier molecular flexibility index (Phi) is 4.76. The second-order valence-electron chi connectivity index (χ2n) is 4.65. The molecule has 0 spiro atoms. The zero-order valence-electron chi connectivity index (χ0n) is 10.2. The highest BCUT2D eigenvalue weighted by Gasteiger charge is 2.40. The van der Waals surface area contributed by atoms with Crippen LogP contribution in [0.25, 0.3) is 0 Å². The van der Waals surface area contributed by atoms with E-state index in [1.807, 2.05) is 0 Å². The second kappa shape index (κ2) is 6.34. The molecular formula is C11H16N2O5P+. The molecule has 2 rings (SSSR count). The number of aliphatic hydroxyl groups is 1. The van der Waals surface area contributed by atoms with Gasteiger partial charge in [0, 0.05) is 41.8 Å². The van der Waals surface area contributed by atoms with Gasteiger partial charge in [-0.05, 0) is 12.8 Å². The van der Waals surface area contributed by atoms with Crippen LogP contribution in [0.4, 0.5) is 0 Å². The molecule has 104 valence electrons. The molecule has 7 nitrogen and oxygen atoms in total. The summed E-state index contributed by atoms with van der Waals surface area (Å²) in [6, 6.07) is -0.0357. The van der Waals surface area contributed by atoms with Crippen molar-refractivity contribution >= 4 is 20.3 Å². The Morgan fingerprint density at radius 3 is 2.95 bits per heavy atom. The van der Waals surface area contributed by atoms with E-state index in [0.717, 1.165) is 0 Å². The first-order chi connectivity index (χ1) is 9.08. The summed E-state index contributed by atoms with van der Waals surface area (Å²) in [4.78, 5) is 24.1. The topological polar surface area (TPSA) is 108 Å². The van der Waals surface area contributed by atoms with Crippen LogP contribution in [0.2, 0.25) is 0 Å². The van der Waals surface area contributed by atoms with Crippen molar-refractivity contribution in [1.82, 2.24) is 5.32 Å². The molecule has 0 aromatic carbocycles. The van der Waals surface area contributed by atoms with E-state index < -0.39 is 14.4 Å². The first kappa shape index (κ1) is 14.3. The summed E-state index contributed by atoms with van der Waals surface area (Å²) in [6.45, 7) is -0.104. The van der Waals surface area contributed by atoms with Gasteiger partial charge in [0.05, 0.1) is 0 Å². The molecule has 4 atom stereocenters. The molecule has 0 bridgehead atoms. The molecular weight excluding hydrogens is 271 g/mol. The van der Waals surface area contributed by atoms with Crippen molar-refractivity contribution in [2.75, 3.05) is 6.61 Å². The van der Waals surface area contributed by atoms with Crippen molar-refractivity contribution in [2.24, 2.45) is 10.9 Å². The quantitative estimate of drug-likeness (QED) is 0.626. The van der Waals surface area contributed by atoms with E-state index in [2.05, 4.69) is 10.3 Å². The number of aliphatic hydroxyl groups excluding tert-OH is 1. The van der Waals surface area contributed by atoms with E-state index in [-0.39, 0.29) is 24.3 Å². The molecule has 0 amide bonds. The maximum atomic E-state index is 11.2. The van der Waals surface area contributed by atoms with E-state index in [9.17, 15) is 14.5 Å². The average Bonchev–Trinajstić information content (AvgIpc) is 2.70. The van der Waals surface area contributed by atoms with Crippen LogP contribution in [-0.4, -0.2) is 40.8 Å². The summed E-state index contributed by atoms with van der Waals surface area (Å²) in [7, 11) is -2.68. The molecule has 19 heavy (non-hydrogen) atoms. The fraction of sp³-hybridized carbons (Fsp3) is 0.636. The maximum absolute atomic E-state index is 11.2. The van der Waals surface area contributed by atoms with Crippen LogP contribution < -0.4 is 5.32 Å². The summed E-state index contributed by atoms with van der Waals surface area (Å²) in [5.41, 5.74) is 0. The third-order valence-corrected chi connectivity index (χ3v) is 3.71. The van der Waals surface area contributed by atoms with Crippen LogP contribution in [0.5, 0.6) is 0 Å². The number of ketones is 1. The van der Waals surface area contributed by atoms with Crippen molar-refractivity contribution in [2.45, 2.75) is 31.4 Å². The predicted molar refractivity (Wildman–Crippen MR) is 67.6 cm³/mol. The van der Waals surface area contributed by atoms with Gasteiger partial charge in [-0.3, -0.25) is 4.79 Å². The Morgan fingerprint density at radius 1 is 1.53 bits per heavy atom. The average molecular weight is 287 g/mol. The van der Waals surface area contributed by atoms with Gasteiger partial charge in [-0.1, -0.05) is 0 Å². The third kappa shape index (κ3) is 3.91. The first-order valence-electron chi connectivity index (χ1n) is 6.06. The number of nitrogens with one attached hydrogen (secondary N) is 1. The number of nitrogens with zero attached hydrogens (tertiary/aromatic N) is 1. The van der Waals surface area contributed by atoms with Gasteiger partial charge in [-0.15, -0.1) is 9.42 Å². The van der Waals surface area contributed by atoms with Gasteiger partial charge >= 0.3 is 8.25 Å². The molecule has 3 N–H and O–H groups in total. The Morgan fingerprint density at radius 2 is 2.32 bits per heavy atom. The molecule has 1 saturated carbocycles. The highest BCUT2D eigenvalue weighted by molar-refractivity contribution is 7.32. The highest BCUT2D eigenvalue weighted by Crippen LogP contribution is 2.34. The lowest BCUT2D eigenvalue weighted by Gasteiger charge is -2.15. The predicted octanol–water partition coefficient (Wildman–Crippen LogP) is 0.267. The van der Waals surface area contributed by atoms with Crippen LogP contribution in [-0.2, 0) is 13.9 Å². The molecule has 1 heterocycles. The highest BCUT2D eigenvalue weighted by atomic mass is 31.1. The van der Waals surface area contributed by atoms with E-state index in [0.29, 0.717) is 25.1 Å². The first-order valence-corrected chi connectivity index (χ1v) is 7.19. The van der Waals surface area contributed by atoms with Crippen LogP contribution in [0.15, 0.2) is 16.9 Å². The fourth-order valence-electron chi connectivity index (χ4n) is 2.41. The van der Waals surface area contributed by atoms with Crippen molar-refractivity contribution < 1.29 is 23.9 Å². The van der Waals surface area contributed by atoms with Gasteiger partial charge in [0.15, 0.2) is 5.78 Å². The molecule has 0 saturated heterocycles. The molecule has 1 aliphatic carbocycles. The Hall–Kier alpha value is -1.14. The maximum Gasteiger partial charge on any atom is 0.695 e. The lowest BCUT2D eigenvalue weighted by Crippen LogP contribution is -2.27. The number of carbonyl (C=O) groups is 1. The standard InChI is InChI=1S/C11H15N2O5P/c14-6-7-3-8(4-10(7)18-19(16)17)13-11-5-9(15)1-2-12-11/h2,5,7-8,10,14H,1,3-4,6H2,(H-,13,15,16,17)/p+1/t7-,8-,10+/m1/s1. The zero-order chi connectivity index (χ0) is 13.8. The van der Waals surface area contributed by atoms with Gasteiger partial charge in [0.1, 0.15) is 11.9 Å². The van der Waals surface area contributed by atoms with Crippen LogP contribution in [0, 0.1) is 5.92 Å². The fourth-order valence-corrected chi connectivity index (χ4v) is 2.90. The normalized spacial score (nSPS) is 31.3. The van der Waals surface area contributed by atoms with Crippen molar-refractivity contribution in [3.8, 4) is 0 Å². The number of hydrogen-bond acceptors (Lipinski definition) is 6. The summed E-state index contributed by atoms with van der Waals surface area (Å²) >= 11 is 0. The largest absolute Gasteiger partial charge is 0.695 e. The van der Waals surface area contributed by atoms with Crippen molar-refractivity contribution in [1.29, 1.82) is 0 Å². The summed E-state index contributed by atoms with van der Waals surface area (Å²) in [5, 5.41) is 12.3. The van der Waals surface area contributed by atoms with E-state index in [1.54, 1.807) is 6.21 Å². The minimum absolute atomic E-state index is 0.0135. The van der Waals surface area contributed by atoms with Gasteiger partial charge in [-0.25, -0.2) is 4.99 Å². The number of hydrogen-bond donors (Lipinski definition) is 3. The van der Waals surface area contributed by atoms with Crippen LogP contribution in [0.1, 0.15) is 19.3 Å². The lowest BCUT2D eigenvalue weighted by molar-refractivity contribution is -0.113. The molecule has 1 aliphatic heterocycles.